The fourth-order valence-electron chi connectivity index (χ4n) is 1.43. The van der Waals surface area contributed by atoms with Crippen molar-refractivity contribution in [2.45, 2.75) is 13.5 Å². The Hall–Kier alpha value is -1.35. The number of hydrogen-bond donors (Lipinski definition) is 0. The van der Waals surface area contributed by atoms with Crippen LogP contribution in [-0.2, 0) is 6.54 Å². The lowest BCUT2D eigenvalue weighted by Crippen LogP contribution is -2.02. The lowest BCUT2D eigenvalue weighted by molar-refractivity contribution is 0.619. The number of benzene rings is 1. The SMILES string of the molecule is Cc1cc(Cl)n(Cc2cccc(F)c2)n1. The molecule has 0 amide bonds. The topological polar surface area (TPSA) is 17.8 Å². The summed E-state index contributed by atoms with van der Waals surface area (Å²) >= 11 is 5.94. The second-order valence-corrected chi connectivity index (χ2v) is 3.78. The van der Waals surface area contributed by atoms with Gasteiger partial charge < -0.3 is 0 Å². The Bertz CT molecular complexity index is 479. The zero-order valence-corrected chi connectivity index (χ0v) is 9.00. The van der Waals surface area contributed by atoms with E-state index in [0.29, 0.717) is 11.7 Å². The highest BCUT2D eigenvalue weighted by atomic mass is 35.5. The fourth-order valence-corrected chi connectivity index (χ4v) is 1.69. The predicted octanol–water partition coefficient (Wildman–Crippen LogP) is 3.03. The van der Waals surface area contributed by atoms with Crippen molar-refractivity contribution >= 4 is 11.6 Å². The number of halogens is 2. The maximum Gasteiger partial charge on any atom is 0.127 e. The Kier molecular flexibility index (Phi) is 2.73. The molecular weight excluding hydrogens is 215 g/mol. The third kappa shape index (κ3) is 2.36. The summed E-state index contributed by atoms with van der Waals surface area (Å²) in [7, 11) is 0. The van der Waals surface area contributed by atoms with E-state index in [-0.39, 0.29) is 5.82 Å². The fraction of sp³-hybridized carbons (Fsp3) is 0.182. The Balaban J connectivity index is 2.25. The third-order valence-corrected chi connectivity index (χ3v) is 2.38. The molecule has 15 heavy (non-hydrogen) atoms. The first kappa shape index (κ1) is 10.2. The van der Waals surface area contributed by atoms with Crippen LogP contribution in [0, 0.1) is 12.7 Å². The summed E-state index contributed by atoms with van der Waals surface area (Å²) in [6.45, 7) is 2.36. The summed E-state index contributed by atoms with van der Waals surface area (Å²) in [6, 6.07) is 8.19. The molecule has 2 aromatic rings. The van der Waals surface area contributed by atoms with E-state index in [1.54, 1.807) is 16.8 Å². The molecule has 0 radical (unpaired) electrons. The normalized spacial score (nSPS) is 10.6. The molecule has 0 aliphatic heterocycles. The molecule has 2 nitrogen and oxygen atoms in total. The molecule has 0 aliphatic carbocycles. The molecule has 1 aromatic carbocycles. The van der Waals surface area contributed by atoms with E-state index in [9.17, 15) is 4.39 Å². The first-order chi connectivity index (χ1) is 7.15. The van der Waals surface area contributed by atoms with Crippen molar-refractivity contribution in [3.8, 4) is 0 Å². The Morgan fingerprint density at radius 1 is 1.40 bits per heavy atom. The molecule has 0 atom stereocenters. The van der Waals surface area contributed by atoms with Crippen molar-refractivity contribution in [1.29, 1.82) is 0 Å². The smallest absolute Gasteiger partial charge is 0.127 e. The molecule has 0 saturated heterocycles. The predicted molar refractivity (Wildman–Crippen MR) is 57.5 cm³/mol. The zero-order valence-electron chi connectivity index (χ0n) is 8.24. The average molecular weight is 225 g/mol. The number of rotatable bonds is 2. The molecule has 0 spiro atoms. The van der Waals surface area contributed by atoms with Gasteiger partial charge in [-0.25, -0.2) is 9.07 Å². The van der Waals surface area contributed by atoms with E-state index in [1.807, 2.05) is 13.0 Å². The second kappa shape index (κ2) is 4.03. The van der Waals surface area contributed by atoms with Crippen LogP contribution >= 0.6 is 11.6 Å². The van der Waals surface area contributed by atoms with Crippen LogP contribution in [0.25, 0.3) is 0 Å². The van der Waals surface area contributed by atoms with Crippen LogP contribution in [-0.4, -0.2) is 9.78 Å². The maximum absolute atomic E-state index is 12.9. The first-order valence-corrected chi connectivity index (χ1v) is 4.97. The van der Waals surface area contributed by atoms with Gasteiger partial charge in [0, 0.05) is 0 Å². The van der Waals surface area contributed by atoms with Gasteiger partial charge in [0.05, 0.1) is 12.2 Å². The summed E-state index contributed by atoms with van der Waals surface area (Å²) in [5, 5.41) is 4.76. The van der Waals surface area contributed by atoms with Gasteiger partial charge in [-0.3, -0.25) is 0 Å². The number of nitrogens with zero attached hydrogens (tertiary/aromatic N) is 2. The summed E-state index contributed by atoms with van der Waals surface area (Å²) < 4.78 is 14.6. The van der Waals surface area contributed by atoms with Crippen LogP contribution in [0.5, 0.6) is 0 Å². The zero-order chi connectivity index (χ0) is 10.8. The lowest BCUT2D eigenvalue weighted by atomic mass is 10.2. The van der Waals surface area contributed by atoms with Crippen LogP contribution in [0.4, 0.5) is 4.39 Å². The largest absolute Gasteiger partial charge is 0.249 e. The van der Waals surface area contributed by atoms with Crippen molar-refractivity contribution in [2.75, 3.05) is 0 Å². The molecule has 0 saturated carbocycles. The van der Waals surface area contributed by atoms with Gasteiger partial charge in [0.2, 0.25) is 0 Å². The monoisotopic (exact) mass is 224 g/mol. The van der Waals surface area contributed by atoms with E-state index >= 15 is 0 Å². The maximum atomic E-state index is 12.9. The Morgan fingerprint density at radius 2 is 2.20 bits per heavy atom. The Labute approximate surface area is 92.3 Å². The molecule has 0 N–H and O–H groups in total. The summed E-state index contributed by atoms with van der Waals surface area (Å²) in [4.78, 5) is 0. The van der Waals surface area contributed by atoms with Crippen LogP contribution in [0.3, 0.4) is 0 Å². The molecule has 0 aliphatic rings. The highest BCUT2D eigenvalue weighted by Gasteiger charge is 2.03. The van der Waals surface area contributed by atoms with E-state index in [4.69, 9.17) is 11.6 Å². The van der Waals surface area contributed by atoms with Gasteiger partial charge in [0.15, 0.2) is 0 Å². The van der Waals surface area contributed by atoms with Gasteiger partial charge in [-0.05, 0) is 30.7 Å². The van der Waals surface area contributed by atoms with Crippen molar-refractivity contribution in [3.63, 3.8) is 0 Å². The Morgan fingerprint density at radius 3 is 2.80 bits per heavy atom. The first-order valence-electron chi connectivity index (χ1n) is 4.59. The second-order valence-electron chi connectivity index (χ2n) is 3.40. The molecular formula is C11H10ClFN2. The standard InChI is InChI=1S/C11H10ClFN2/c1-8-5-11(12)15(14-8)7-9-3-2-4-10(13)6-9/h2-6H,7H2,1H3. The van der Waals surface area contributed by atoms with Gasteiger partial charge in [-0.15, -0.1) is 0 Å². The highest BCUT2D eigenvalue weighted by Crippen LogP contribution is 2.13. The van der Waals surface area contributed by atoms with Gasteiger partial charge in [0.1, 0.15) is 11.0 Å². The van der Waals surface area contributed by atoms with E-state index in [0.717, 1.165) is 11.3 Å². The number of aryl methyl sites for hydroxylation is 1. The quantitative estimate of drug-likeness (QED) is 0.767. The molecule has 4 heteroatoms. The van der Waals surface area contributed by atoms with Crippen molar-refractivity contribution in [2.24, 2.45) is 0 Å². The van der Waals surface area contributed by atoms with Gasteiger partial charge >= 0.3 is 0 Å². The van der Waals surface area contributed by atoms with Crippen LogP contribution in [0.2, 0.25) is 5.15 Å². The summed E-state index contributed by atoms with van der Waals surface area (Å²) in [5.41, 5.74) is 1.71. The molecule has 2 rings (SSSR count). The van der Waals surface area contributed by atoms with Gasteiger partial charge in [-0.1, -0.05) is 23.7 Å². The minimum Gasteiger partial charge on any atom is -0.249 e. The van der Waals surface area contributed by atoms with Crippen LogP contribution in [0.1, 0.15) is 11.3 Å². The van der Waals surface area contributed by atoms with E-state index in [2.05, 4.69) is 5.10 Å². The number of aromatic nitrogens is 2. The minimum atomic E-state index is -0.243. The van der Waals surface area contributed by atoms with Crippen LogP contribution < -0.4 is 0 Å². The molecule has 0 unspecified atom stereocenters. The average Bonchev–Trinajstić information content (AvgIpc) is 2.45. The van der Waals surface area contributed by atoms with E-state index < -0.39 is 0 Å². The molecule has 0 bridgehead atoms. The van der Waals surface area contributed by atoms with Crippen molar-refractivity contribution < 1.29 is 4.39 Å². The summed E-state index contributed by atoms with van der Waals surface area (Å²) in [5.74, 6) is -0.243. The highest BCUT2D eigenvalue weighted by molar-refractivity contribution is 6.29. The minimum absolute atomic E-state index is 0.243. The van der Waals surface area contributed by atoms with Crippen molar-refractivity contribution in [3.05, 3.63) is 52.6 Å². The van der Waals surface area contributed by atoms with Gasteiger partial charge in [-0.2, -0.15) is 5.10 Å². The lowest BCUT2D eigenvalue weighted by Gasteiger charge is -2.03. The summed E-state index contributed by atoms with van der Waals surface area (Å²) in [6.07, 6.45) is 0. The van der Waals surface area contributed by atoms with Gasteiger partial charge in [0.25, 0.3) is 0 Å². The van der Waals surface area contributed by atoms with E-state index in [1.165, 1.54) is 12.1 Å². The molecule has 78 valence electrons. The third-order valence-electron chi connectivity index (χ3n) is 2.07. The van der Waals surface area contributed by atoms with Crippen molar-refractivity contribution in [1.82, 2.24) is 9.78 Å². The molecule has 0 fully saturated rings. The molecule has 1 aromatic heterocycles. The van der Waals surface area contributed by atoms with Crippen LogP contribution in [0.15, 0.2) is 30.3 Å². The number of hydrogen-bond acceptors (Lipinski definition) is 1. The molecule has 1 heterocycles.